The number of hydrogen-bond donors (Lipinski definition) is 1. The topological polar surface area (TPSA) is 83.4 Å². The van der Waals surface area contributed by atoms with Gasteiger partial charge in [0.25, 0.3) is 0 Å². The van der Waals surface area contributed by atoms with Crippen LogP contribution in [0.2, 0.25) is 0 Å². The number of nitrogens with zero attached hydrogens (tertiary/aromatic N) is 2. The SMILES string of the molecule is CCOC(CC)c1noc(C2COCCC2N)n1. The van der Waals surface area contributed by atoms with Gasteiger partial charge in [-0.3, -0.25) is 0 Å². The second-order valence-corrected chi connectivity index (χ2v) is 4.48. The Morgan fingerprint density at radius 2 is 2.33 bits per heavy atom. The molecule has 2 N–H and O–H groups in total. The summed E-state index contributed by atoms with van der Waals surface area (Å²) in [6.07, 6.45) is 1.54. The van der Waals surface area contributed by atoms with Crippen LogP contribution in [-0.4, -0.2) is 36.0 Å². The number of aromatic nitrogens is 2. The number of nitrogens with two attached hydrogens (primary N) is 1. The lowest BCUT2D eigenvalue weighted by molar-refractivity contribution is 0.0517. The first kappa shape index (κ1) is 13.5. The van der Waals surface area contributed by atoms with E-state index in [-0.39, 0.29) is 18.1 Å². The monoisotopic (exact) mass is 255 g/mol. The van der Waals surface area contributed by atoms with Crippen LogP contribution < -0.4 is 5.73 Å². The summed E-state index contributed by atoms with van der Waals surface area (Å²) in [4.78, 5) is 4.41. The van der Waals surface area contributed by atoms with Gasteiger partial charge in [0.15, 0.2) is 0 Å². The lowest BCUT2D eigenvalue weighted by atomic mass is 9.97. The van der Waals surface area contributed by atoms with Crippen LogP contribution in [0.3, 0.4) is 0 Å². The molecule has 0 saturated carbocycles. The first-order valence-corrected chi connectivity index (χ1v) is 6.54. The molecule has 1 fully saturated rings. The summed E-state index contributed by atoms with van der Waals surface area (Å²) < 4.78 is 16.3. The predicted octanol–water partition coefficient (Wildman–Crippen LogP) is 1.39. The lowest BCUT2D eigenvalue weighted by Crippen LogP contribution is -2.37. The molecular formula is C12H21N3O3. The van der Waals surface area contributed by atoms with Crippen molar-refractivity contribution < 1.29 is 14.0 Å². The van der Waals surface area contributed by atoms with E-state index >= 15 is 0 Å². The lowest BCUT2D eigenvalue weighted by Gasteiger charge is -2.25. The van der Waals surface area contributed by atoms with Gasteiger partial charge in [0.1, 0.15) is 6.10 Å². The van der Waals surface area contributed by atoms with Crippen molar-refractivity contribution >= 4 is 0 Å². The minimum Gasteiger partial charge on any atom is -0.381 e. The van der Waals surface area contributed by atoms with Crippen molar-refractivity contribution in [1.82, 2.24) is 10.1 Å². The Hall–Kier alpha value is -0.980. The Bertz CT molecular complexity index is 369. The van der Waals surface area contributed by atoms with Gasteiger partial charge in [0.2, 0.25) is 11.7 Å². The summed E-state index contributed by atoms with van der Waals surface area (Å²) >= 11 is 0. The van der Waals surface area contributed by atoms with Crippen molar-refractivity contribution in [1.29, 1.82) is 0 Å². The zero-order valence-electron chi connectivity index (χ0n) is 11.0. The fourth-order valence-electron chi connectivity index (χ4n) is 2.11. The zero-order valence-corrected chi connectivity index (χ0v) is 11.0. The van der Waals surface area contributed by atoms with Crippen LogP contribution in [0.5, 0.6) is 0 Å². The predicted molar refractivity (Wildman–Crippen MR) is 65.1 cm³/mol. The molecule has 18 heavy (non-hydrogen) atoms. The highest BCUT2D eigenvalue weighted by atomic mass is 16.5. The Morgan fingerprint density at radius 1 is 1.50 bits per heavy atom. The van der Waals surface area contributed by atoms with Gasteiger partial charge in [-0.1, -0.05) is 12.1 Å². The Morgan fingerprint density at radius 3 is 3.00 bits per heavy atom. The normalized spacial score (nSPS) is 26.2. The number of rotatable bonds is 5. The molecule has 0 bridgehead atoms. The second kappa shape index (κ2) is 6.26. The molecule has 6 nitrogen and oxygen atoms in total. The highest BCUT2D eigenvalue weighted by Crippen LogP contribution is 2.25. The average molecular weight is 255 g/mol. The van der Waals surface area contributed by atoms with E-state index in [1.807, 2.05) is 13.8 Å². The molecule has 0 spiro atoms. The maximum atomic E-state index is 6.05. The molecule has 0 amide bonds. The molecule has 1 saturated heterocycles. The van der Waals surface area contributed by atoms with E-state index in [2.05, 4.69) is 10.1 Å². The second-order valence-electron chi connectivity index (χ2n) is 4.48. The third kappa shape index (κ3) is 2.88. The summed E-state index contributed by atoms with van der Waals surface area (Å²) in [5.74, 6) is 1.17. The largest absolute Gasteiger partial charge is 0.381 e. The zero-order chi connectivity index (χ0) is 13.0. The first-order valence-electron chi connectivity index (χ1n) is 6.54. The van der Waals surface area contributed by atoms with E-state index in [0.717, 1.165) is 12.8 Å². The van der Waals surface area contributed by atoms with E-state index in [9.17, 15) is 0 Å². The van der Waals surface area contributed by atoms with Crippen molar-refractivity contribution in [3.05, 3.63) is 11.7 Å². The van der Waals surface area contributed by atoms with Gasteiger partial charge >= 0.3 is 0 Å². The molecular weight excluding hydrogens is 234 g/mol. The molecule has 1 aromatic rings. The molecule has 0 radical (unpaired) electrons. The van der Waals surface area contributed by atoms with Crippen LogP contribution in [0.15, 0.2) is 4.52 Å². The van der Waals surface area contributed by atoms with Crippen molar-refractivity contribution in [2.45, 2.75) is 44.8 Å². The molecule has 0 aromatic carbocycles. The molecule has 6 heteroatoms. The smallest absolute Gasteiger partial charge is 0.233 e. The van der Waals surface area contributed by atoms with Crippen LogP contribution in [-0.2, 0) is 9.47 Å². The molecule has 2 heterocycles. The summed E-state index contributed by atoms with van der Waals surface area (Å²) in [7, 11) is 0. The third-order valence-corrected chi connectivity index (χ3v) is 3.21. The van der Waals surface area contributed by atoms with E-state index < -0.39 is 0 Å². The fourth-order valence-corrected chi connectivity index (χ4v) is 2.11. The van der Waals surface area contributed by atoms with Gasteiger partial charge in [-0.2, -0.15) is 4.98 Å². The average Bonchev–Trinajstić information content (AvgIpc) is 2.85. The van der Waals surface area contributed by atoms with Gasteiger partial charge in [-0.25, -0.2) is 0 Å². The Kier molecular flexibility index (Phi) is 4.68. The third-order valence-electron chi connectivity index (χ3n) is 3.21. The van der Waals surface area contributed by atoms with Crippen molar-refractivity contribution in [2.24, 2.45) is 5.73 Å². The molecule has 2 rings (SSSR count). The number of hydrogen-bond acceptors (Lipinski definition) is 6. The summed E-state index contributed by atoms with van der Waals surface area (Å²) in [5, 5.41) is 3.99. The minimum absolute atomic E-state index is 0.000803. The van der Waals surface area contributed by atoms with Crippen LogP contribution in [0.1, 0.15) is 50.4 Å². The number of ether oxygens (including phenoxy) is 2. The van der Waals surface area contributed by atoms with Gasteiger partial charge in [-0.05, 0) is 19.8 Å². The molecule has 1 aliphatic rings. The molecule has 0 aliphatic carbocycles. The van der Waals surface area contributed by atoms with Gasteiger partial charge in [-0.15, -0.1) is 0 Å². The maximum Gasteiger partial charge on any atom is 0.233 e. The highest BCUT2D eigenvalue weighted by molar-refractivity contribution is 5.01. The summed E-state index contributed by atoms with van der Waals surface area (Å²) in [6, 6.07) is 0.0271. The van der Waals surface area contributed by atoms with Crippen LogP contribution in [0.25, 0.3) is 0 Å². The highest BCUT2D eigenvalue weighted by Gasteiger charge is 2.30. The summed E-state index contributed by atoms with van der Waals surface area (Å²) in [6.45, 7) is 5.87. The first-order chi connectivity index (χ1) is 8.76. The Labute approximate surface area is 107 Å². The molecule has 3 unspecified atom stereocenters. The fraction of sp³-hybridized carbons (Fsp3) is 0.833. The van der Waals surface area contributed by atoms with E-state index in [0.29, 0.717) is 31.5 Å². The van der Waals surface area contributed by atoms with Crippen LogP contribution >= 0.6 is 0 Å². The van der Waals surface area contributed by atoms with Crippen molar-refractivity contribution in [3.8, 4) is 0 Å². The standard InChI is InChI=1S/C12H21N3O3/c1-3-10(17-4-2)11-14-12(18-15-11)8-7-16-6-5-9(8)13/h8-10H,3-7,13H2,1-2H3. The van der Waals surface area contributed by atoms with E-state index in [1.54, 1.807) is 0 Å². The van der Waals surface area contributed by atoms with Crippen molar-refractivity contribution in [2.75, 3.05) is 19.8 Å². The molecule has 102 valence electrons. The quantitative estimate of drug-likeness (QED) is 0.856. The molecule has 1 aromatic heterocycles. The van der Waals surface area contributed by atoms with Gasteiger partial charge < -0.3 is 19.7 Å². The summed E-state index contributed by atoms with van der Waals surface area (Å²) in [5.41, 5.74) is 6.05. The van der Waals surface area contributed by atoms with Crippen LogP contribution in [0, 0.1) is 0 Å². The van der Waals surface area contributed by atoms with Gasteiger partial charge in [0.05, 0.1) is 12.5 Å². The molecule has 3 atom stereocenters. The van der Waals surface area contributed by atoms with Gasteiger partial charge in [0, 0.05) is 19.3 Å². The van der Waals surface area contributed by atoms with Crippen molar-refractivity contribution in [3.63, 3.8) is 0 Å². The maximum absolute atomic E-state index is 6.05. The molecule has 1 aliphatic heterocycles. The van der Waals surface area contributed by atoms with Crippen LogP contribution in [0.4, 0.5) is 0 Å². The van der Waals surface area contributed by atoms with E-state index in [4.69, 9.17) is 19.7 Å². The van der Waals surface area contributed by atoms with E-state index in [1.165, 1.54) is 0 Å². The Balaban J connectivity index is 2.08. The minimum atomic E-state index is -0.103.